The van der Waals surface area contributed by atoms with Crippen molar-refractivity contribution in [1.29, 1.82) is 0 Å². The molecule has 0 radical (unpaired) electrons. The molecule has 0 unspecified atom stereocenters. The van der Waals surface area contributed by atoms with Gasteiger partial charge in [0, 0.05) is 10.9 Å². The fourth-order valence-corrected chi connectivity index (χ4v) is 2.79. The van der Waals surface area contributed by atoms with Crippen molar-refractivity contribution in [3.05, 3.63) is 29.1 Å². The van der Waals surface area contributed by atoms with E-state index in [1.54, 1.807) is 7.11 Å². The van der Waals surface area contributed by atoms with Crippen LogP contribution in [-0.4, -0.2) is 21.7 Å². The van der Waals surface area contributed by atoms with Crippen LogP contribution in [0.3, 0.4) is 0 Å². The predicted octanol–water partition coefficient (Wildman–Crippen LogP) is 2.36. The molecule has 0 aliphatic carbocycles. The van der Waals surface area contributed by atoms with E-state index in [1.165, 1.54) is 11.3 Å². The van der Waals surface area contributed by atoms with Gasteiger partial charge in [-0.05, 0) is 19.1 Å². The molecule has 5 nitrogen and oxygen atoms in total. The maximum atomic E-state index is 5.84. The van der Waals surface area contributed by atoms with Crippen LogP contribution in [0.2, 0.25) is 0 Å². The molecular weight excluding hydrogens is 248 g/mol. The summed E-state index contributed by atoms with van der Waals surface area (Å²) < 4.78 is 7.23. The number of nitrogens with zero attached hydrogens (tertiary/aromatic N) is 3. The molecule has 2 aromatic heterocycles. The molecule has 1 aromatic carbocycles. The largest absolute Gasteiger partial charge is 0.496 e. The normalized spacial score (nSPS) is 11.0. The van der Waals surface area contributed by atoms with Gasteiger partial charge in [-0.1, -0.05) is 11.6 Å². The highest BCUT2D eigenvalue weighted by molar-refractivity contribution is 7.15. The van der Waals surface area contributed by atoms with Crippen LogP contribution in [0.25, 0.3) is 16.2 Å². The average molecular weight is 260 g/mol. The fourth-order valence-electron chi connectivity index (χ4n) is 1.95. The number of anilines is 1. The van der Waals surface area contributed by atoms with Crippen LogP contribution in [0.5, 0.6) is 5.75 Å². The number of hydrogen-bond donors (Lipinski definition) is 1. The van der Waals surface area contributed by atoms with Gasteiger partial charge in [0.15, 0.2) is 0 Å². The third-order valence-corrected chi connectivity index (χ3v) is 3.62. The second-order valence-electron chi connectivity index (χ2n) is 4.00. The Bertz CT molecular complexity index is 716. The van der Waals surface area contributed by atoms with Crippen LogP contribution >= 0.6 is 11.3 Å². The highest BCUT2D eigenvalue weighted by atomic mass is 32.1. The highest BCUT2D eigenvalue weighted by Crippen LogP contribution is 2.34. The Morgan fingerprint density at radius 2 is 2.17 bits per heavy atom. The van der Waals surface area contributed by atoms with E-state index in [4.69, 9.17) is 10.5 Å². The molecule has 0 spiro atoms. The van der Waals surface area contributed by atoms with Gasteiger partial charge in [-0.3, -0.25) is 4.40 Å². The van der Waals surface area contributed by atoms with Gasteiger partial charge in [0.2, 0.25) is 10.9 Å². The Morgan fingerprint density at radius 1 is 1.33 bits per heavy atom. The number of ether oxygens (including phenoxy) is 1. The van der Waals surface area contributed by atoms with Crippen LogP contribution in [-0.2, 0) is 0 Å². The molecule has 92 valence electrons. The second-order valence-corrected chi connectivity index (χ2v) is 4.84. The van der Waals surface area contributed by atoms with Crippen molar-refractivity contribution in [3.8, 4) is 17.0 Å². The summed E-state index contributed by atoms with van der Waals surface area (Å²) in [5.41, 5.74) is 8.96. The number of fused-ring (bicyclic) bond motifs is 1. The lowest BCUT2D eigenvalue weighted by atomic mass is 10.1. The van der Waals surface area contributed by atoms with Crippen molar-refractivity contribution in [2.24, 2.45) is 0 Å². The molecule has 0 fully saturated rings. The molecule has 0 bridgehead atoms. The van der Waals surface area contributed by atoms with Crippen LogP contribution in [0.4, 0.5) is 5.95 Å². The smallest absolute Gasteiger partial charge is 0.227 e. The van der Waals surface area contributed by atoms with E-state index >= 15 is 0 Å². The molecule has 0 aliphatic rings. The first-order chi connectivity index (χ1) is 8.70. The SMILES string of the molecule is COc1ccc(C)cc1-c1csc2nnc(N)n12. The molecular formula is C12H12N4OS. The van der Waals surface area contributed by atoms with Crippen molar-refractivity contribution in [1.82, 2.24) is 14.6 Å². The maximum Gasteiger partial charge on any atom is 0.227 e. The molecule has 3 aromatic rings. The summed E-state index contributed by atoms with van der Waals surface area (Å²) in [4.78, 5) is 0.783. The number of hydrogen-bond acceptors (Lipinski definition) is 5. The molecule has 0 saturated heterocycles. The molecule has 2 heterocycles. The number of methoxy groups -OCH3 is 1. The van der Waals surface area contributed by atoms with Gasteiger partial charge in [0.1, 0.15) is 5.75 Å². The zero-order chi connectivity index (χ0) is 12.7. The quantitative estimate of drug-likeness (QED) is 0.768. The third kappa shape index (κ3) is 1.53. The zero-order valence-electron chi connectivity index (χ0n) is 10.0. The van der Waals surface area contributed by atoms with E-state index in [2.05, 4.69) is 16.3 Å². The number of nitrogens with two attached hydrogens (primary N) is 1. The summed E-state index contributed by atoms with van der Waals surface area (Å²) >= 11 is 1.51. The summed E-state index contributed by atoms with van der Waals surface area (Å²) in [6.45, 7) is 2.04. The lowest BCUT2D eigenvalue weighted by Crippen LogP contribution is -1.96. The highest BCUT2D eigenvalue weighted by Gasteiger charge is 2.14. The number of benzene rings is 1. The Hall–Kier alpha value is -2.08. The van der Waals surface area contributed by atoms with E-state index in [1.807, 2.05) is 28.8 Å². The Labute approximate surface area is 108 Å². The van der Waals surface area contributed by atoms with Crippen LogP contribution in [0.15, 0.2) is 23.6 Å². The minimum atomic E-state index is 0.393. The maximum absolute atomic E-state index is 5.84. The number of rotatable bonds is 2. The van der Waals surface area contributed by atoms with E-state index in [0.717, 1.165) is 27.5 Å². The first-order valence-electron chi connectivity index (χ1n) is 5.44. The Balaban J connectivity index is 2.31. The number of aryl methyl sites for hydroxylation is 1. The Morgan fingerprint density at radius 3 is 2.94 bits per heavy atom. The molecule has 2 N–H and O–H groups in total. The lowest BCUT2D eigenvalue weighted by Gasteiger charge is -2.08. The van der Waals surface area contributed by atoms with Gasteiger partial charge in [-0.25, -0.2) is 0 Å². The predicted molar refractivity (Wildman–Crippen MR) is 72.0 cm³/mol. The van der Waals surface area contributed by atoms with Gasteiger partial charge < -0.3 is 10.5 Å². The average Bonchev–Trinajstić information content (AvgIpc) is 2.93. The fraction of sp³-hybridized carbons (Fsp3) is 0.167. The third-order valence-electron chi connectivity index (χ3n) is 2.81. The Kier molecular flexibility index (Phi) is 2.45. The zero-order valence-corrected chi connectivity index (χ0v) is 10.9. The van der Waals surface area contributed by atoms with Gasteiger partial charge >= 0.3 is 0 Å². The molecule has 3 rings (SSSR count). The van der Waals surface area contributed by atoms with Crippen molar-refractivity contribution < 1.29 is 4.74 Å². The number of aromatic nitrogens is 3. The lowest BCUT2D eigenvalue weighted by molar-refractivity contribution is 0.416. The standard InChI is InChI=1S/C12H12N4OS/c1-7-3-4-10(17-2)8(5-7)9-6-18-12-15-14-11(13)16(9)12/h3-6H,1-2H3,(H2,13,14). The topological polar surface area (TPSA) is 65.4 Å². The number of nitrogen functional groups attached to an aromatic ring is 1. The second kappa shape index (κ2) is 3.99. The van der Waals surface area contributed by atoms with Gasteiger partial charge in [-0.2, -0.15) is 0 Å². The first-order valence-corrected chi connectivity index (χ1v) is 6.32. The monoisotopic (exact) mass is 260 g/mol. The minimum absolute atomic E-state index is 0.393. The molecule has 18 heavy (non-hydrogen) atoms. The molecule has 0 saturated carbocycles. The van der Waals surface area contributed by atoms with E-state index < -0.39 is 0 Å². The van der Waals surface area contributed by atoms with Crippen LogP contribution in [0, 0.1) is 6.92 Å². The van der Waals surface area contributed by atoms with E-state index in [0.29, 0.717) is 5.95 Å². The van der Waals surface area contributed by atoms with E-state index in [-0.39, 0.29) is 0 Å². The van der Waals surface area contributed by atoms with Gasteiger partial charge in [0.25, 0.3) is 0 Å². The molecule has 0 atom stereocenters. The van der Waals surface area contributed by atoms with Crippen molar-refractivity contribution in [2.75, 3.05) is 12.8 Å². The van der Waals surface area contributed by atoms with Crippen LogP contribution in [0.1, 0.15) is 5.56 Å². The molecule has 0 amide bonds. The summed E-state index contributed by atoms with van der Waals surface area (Å²) in [5.74, 6) is 1.21. The van der Waals surface area contributed by atoms with Gasteiger partial charge in [0.05, 0.1) is 12.8 Å². The van der Waals surface area contributed by atoms with Gasteiger partial charge in [-0.15, -0.1) is 21.5 Å². The summed E-state index contributed by atoms with van der Waals surface area (Å²) in [6.07, 6.45) is 0. The van der Waals surface area contributed by atoms with Crippen molar-refractivity contribution in [3.63, 3.8) is 0 Å². The number of thiazole rings is 1. The van der Waals surface area contributed by atoms with Crippen molar-refractivity contribution >= 4 is 22.2 Å². The van der Waals surface area contributed by atoms with Crippen molar-refractivity contribution in [2.45, 2.75) is 6.92 Å². The minimum Gasteiger partial charge on any atom is -0.496 e. The van der Waals surface area contributed by atoms with Crippen LogP contribution < -0.4 is 10.5 Å². The van der Waals surface area contributed by atoms with E-state index in [9.17, 15) is 0 Å². The first kappa shape index (κ1) is 11.0. The summed E-state index contributed by atoms with van der Waals surface area (Å²) in [5, 5.41) is 9.90. The summed E-state index contributed by atoms with van der Waals surface area (Å²) in [6, 6.07) is 6.04. The molecule has 0 aliphatic heterocycles. The summed E-state index contributed by atoms with van der Waals surface area (Å²) in [7, 11) is 1.66. The molecule has 6 heteroatoms.